The number of nitrogens with one attached hydrogen (secondary N) is 2. The third kappa shape index (κ3) is 5.17. The van der Waals surface area contributed by atoms with E-state index in [1.54, 1.807) is 0 Å². The van der Waals surface area contributed by atoms with E-state index in [1.165, 1.54) is 0 Å². The zero-order valence-corrected chi connectivity index (χ0v) is 16.0. The minimum Gasteiger partial charge on any atom is -0.349 e. The van der Waals surface area contributed by atoms with Crippen molar-refractivity contribution in [2.45, 2.75) is 32.7 Å². The summed E-state index contributed by atoms with van der Waals surface area (Å²) in [7, 11) is 0. The molecule has 2 aromatic carbocycles. The van der Waals surface area contributed by atoms with Crippen LogP contribution in [0.25, 0.3) is 0 Å². The second kappa shape index (κ2) is 8.82. The zero-order valence-electron chi connectivity index (χ0n) is 16.0. The number of piperidine rings is 1. The summed E-state index contributed by atoms with van der Waals surface area (Å²) in [5.74, 6) is -0.00413. The minimum absolute atomic E-state index is 0.000860. The average molecular weight is 365 g/mol. The molecule has 1 saturated heterocycles. The van der Waals surface area contributed by atoms with Gasteiger partial charge in [0, 0.05) is 30.4 Å². The van der Waals surface area contributed by atoms with Crippen molar-refractivity contribution in [3.05, 3.63) is 65.2 Å². The second-order valence-electron chi connectivity index (χ2n) is 7.19. The molecule has 5 nitrogen and oxygen atoms in total. The Labute approximate surface area is 160 Å². The number of hydrogen-bond acceptors (Lipinski definition) is 3. The van der Waals surface area contributed by atoms with E-state index in [2.05, 4.69) is 15.5 Å². The number of likely N-dealkylation sites (tertiary alicyclic amines) is 1. The normalized spacial score (nSPS) is 15.3. The van der Waals surface area contributed by atoms with Crippen molar-refractivity contribution < 1.29 is 9.59 Å². The number of amides is 2. The molecule has 0 saturated carbocycles. The van der Waals surface area contributed by atoms with Crippen LogP contribution in [-0.2, 0) is 4.79 Å². The van der Waals surface area contributed by atoms with Crippen molar-refractivity contribution >= 4 is 17.5 Å². The molecule has 0 bridgehead atoms. The van der Waals surface area contributed by atoms with Crippen molar-refractivity contribution in [3.8, 4) is 0 Å². The topological polar surface area (TPSA) is 61.4 Å². The second-order valence-corrected chi connectivity index (χ2v) is 7.19. The predicted molar refractivity (Wildman–Crippen MR) is 108 cm³/mol. The Bertz CT molecular complexity index is 796. The molecule has 2 amide bonds. The van der Waals surface area contributed by atoms with Gasteiger partial charge in [-0.25, -0.2) is 0 Å². The summed E-state index contributed by atoms with van der Waals surface area (Å²) in [6.07, 6.45) is 1.71. The first-order chi connectivity index (χ1) is 13.0. The maximum Gasteiger partial charge on any atom is 0.251 e. The molecule has 0 spiro atoms. The van der Waals surface area contributed by atoms with Gasteiger partial charge in [-0.2, -0.15) is 0 Å². The maximum absolute atomic E-state index is 12.6. The van der Waals surface area contributed by atoms with Gasteiger partial charge in [-0.1, -0.05) is 30.3 Å². The fraction of sp³-hybridized carbons (Fsp3) is 0.364. The van der Waals surface area contributed by atoms with Crippen molar-refractivity contribution in [3.63, 3.8) is 0 Å². The molecule has 2 N–H and O–H groups in total. The van der Waals surface area contributed by atoms with E-state index >= 15 is 0 Å². The summed E-state index contributed by atoms with van der Waals surface area (Å²) >= 11 is 0. The van der Waals surface area contributed by atoms with E-state index < -0.39 is 0 Å². The molecule has 1 heterocycles. The van der Waals surface area contributed by atoms with Gasteiger partial charge in [-0.15, -0.1) is 0 Å². The monoisotopic (exact) mass is 365 g/mol. The van der Waals surface area contributed by atoms with Gasteiger partial charge in [-0.3, -0.25) is 14.5 Å². The summed E-state index contributed by atoms with van der Waals surface area (Å²) in [6.45, 7) is 6.00. The van der Waals surface area contributed by atoms with Crippen LogP contribution >= 0.6 is 0 Å². The summed E-state index contributed by atoms with van der Waals surface area (Å²) in [5.41, 5.74) is 3.73. The lowest BCUT2D eigenvalue weighted by Gasteiger charge is -2.32. The van der Waals surface area contributed by atoms with Crippen LogP contribution in [-0.4, -0.2) is 42.4 Å². The highest BCUT2D eigenvalue weighted by molar-refractivity contribution is 5.96. The molecule has 27 heavy (non-hydrogen) atoms. The number of anilines is 1. The predicted octanol–water partition coefficient (Wildman–Crippen LogP) is 3.14. The first-order valence-corrected chi connectivity index (χ1v) is 9.47. The molecule has 5 heteroatoms. The molecule has 1 aliphatic heterocycles. The number of para-hydroxylation sites is 1. The Kier molecular flexibility index (Phi) is 6.24. The molecule has 0 unspecified atom stereocenters. The Morgan fingerprint density at radius 1 is 1.00 bits per heavy atom. The number of aryl methyl sites for hydroxylation is 1. The van der Waals surface area contributed by atoms with Crippen molar-refractivity contribution in [2.24, 2.45) is 0 Å². The van der Waals surface area contributed by atoms with E-state index in [4.69, 9.17) is 0 Å². The molecule has 0 radical (unpaired) electrons. The molecule has 3 rings (SSSR count). The van der Waals surface area contributed by atoms with Gasteiger partial charge in [0.1, 0.15) is 0 Å². The first-order valence-electron chi connectivity index (χ1n) is 9.47. The maximum atomic E-state index is 12.6. The third-order valence-electron chi connectivity index (χ3n) is 5.20. The van der Waals surface area contributed by atoms with Gasteiger partial charge in [0.25, 0.3) is 5.91 Å². The molecular weight excluding hydrogens is 338 g/mol. The van der Waals surface area contributed by atoms with Crippen LogP contribution in [0.15, 0.2) is 48.5 Å². The lowest BCUT2D eigenvalue weighted by atomic mass is 10.0. The Morgan fingerprint density at radius 3 is 2.41 bits per heavy atom. The van der Waals surface area contributed by atoms with Crippen LogP contribution in [0.1, 0.15) is 34.3 Å². The first kappa shape index (κ1) is 19.1. The van der Waals surface area contributed by atoms with E-state index in [-0.39, 0.29) is 17.9 Å². The largest absolute Gasteiger partial charge is 0.349 e. The summed E-state index contributed by atoms with van der Waals surface area (Å²) in [4.78, 5) is 26.9. The summed E-state index contributed by atoms with van der Waals surface area (Å²) in [6, 6.07) is 15.5. The molecule has 142 valence electrons. The number of hydrogen-bond donors (Lipinski definition) is 2. The van der Waals surface area contributed by atoms with Crippen LogP contribution in [0.4, 0.5) is 5.69 Å². The number of carbonyl (C=O) groups excluding carboxylic acids is 2. The fourth-order valence-corrected chi connectivity index (χ4v) is 3.42. The Balaban J connectivity index is 1.45. The smallest absolute Gasteiger partial charge is 0.251 e. The van der Waals surface area contributed by atoms with Crippen molar-refractivity contribution in [2.75, 3.05) is 25.0 Å². The Morgan fingerprint density at radius 2 is 1.70 bits per heavy atom. The molecule has 0 aromatic heterocycles. The SMILES string of the molecule is Cc1cccc(C(=O)NC2CCN(CC(=O)Nc3ccccc3)CC2)c1C. The van der Waals surface area contributed by atoms with Crippen molar-refractivity contribution in [1.82, 2.24) is 10.2 Å². The quantitative estimate of drug-likeness (QED) is 0.856. The van der Waals surface area contributed by atoms with Gasteiger partial charge in [0.2, 0.25) is 5.91 Å². The third-order valence-corrected chi connectivity index (χ3v) is 5.20. The molecule has 0 aliphatic carbocycles. The highest BCUT2D eigenvalue weighted by Crippen LogP contribution is 2.15. The fourth-order valence-electron chi connectivity index (χ4n) is 3.42. The molecule has 1 fully saturated rings. The van der Waals surface area contributed by atoms with Crippen LogP contribution in [0.3, 0.4) is 0 Å². The highest BCUT2D eigenvalue weighted by Gasteiger charge is 2.23. The number of nitrogens with zero attached hydrogens (tertiary/aromatic N) is 1. The van der Waals surface area contributed by atoms with Gasteiger partial charge >= 0.3 is 0 Å². The van der Waals surface area contributed by atoms with E-state index in [1.807, 2.05) is 62.4 Å². The molecule has 2 aromatic rings. The lowest BCUT2D eigenvalue weighted by molar-refractivity contribution is -0.117. The number of rotatable bonds is 5. The summed E-state index contributed by atoms with van der Waals surface area (Å²) in [5, 5.41) is 6.07. The van der Waals surface area contributed by atoms with Gasteiger partial charge in [-0.05, 0) is 56.0 Å². The highest BCUT2D eigenvalue weighted by atomic mass is 16.2. The van der Waals surface area contributed by atoms with Gasteiger partial charge < -0.3 is 10.6 Å². The number of carbonyl (C=O) groups is 2. The molecule has 0 atom stereocenters. The molecular formula is C22H27N3O2. The van der Waals surface area contributed by atoms with E-state index in [0.29, 0.717) is 6.54 Å². The minimum atomic E-state index is -0.00327. The van der Waals surface area contributed by atoms with E-state index in [0.717, 1.165) is 48.3 Å². The van der Waals surface area contributed by atoms with Crippen LogP contribution in [0.5, 0.6) is 0 Å². The van der Waals surface area contributed by atoms with Crippen LogP contribution in [0.2, 0.25) is 0 Å². The van der Waals surface area contributed by atoms with Gasteiger partial charge in [0.05, 0.1) is 6.54 Å². The zero-order chi connectivity index (χ0) is 19.2. The van der Waals surface area contributed by atoms with Crippen molar-refractivity contribution in [1.29, 1.82) is 0 Å². The Hall–Kier alpha value is -2.66. The van der Waals surface area contributed by atoms with Crippen LogP contribution < -0.4 is 10.6 Å². The summed E-state index contributed by atoms with van der Waals surface area (Å²) < 4.78 is 0. The lowest BCUT2D eigenvalue weighted by Crippen LogP contribution is -2.46. The van der Waals surface area contributed by atoms with Gasteiger partial charge in [0.15, 0.2) is 0 Å². The number of benzene rings is 2. The molecule has 1 aliphatic rings. The average Bonchev–Trinajstić information content (AvgIpc) is 2.66. The van der Waals surface area contributed by atoms with Crippen LogP contribution in [0, 0.1) is 13.8 Å². The van der Waals surface area contributed by atoms with E-state index in [9.17, 15) is 9.59 Å². The standard InChI is InChI=1S/C22H27N3O2/c1-16-7-6-10-20(17(16)2)22(27)24-19-11-13-25(14-12-19)15-21(26)23-18-8-4-3-5-9-18/h3-10,19H,11-15H2,1-2H3,(H,23,26)(H,24,27).